The molecule has 0 radical (unpaired) electrons. The van der Waals surface area contributed by atoms with E-state index in [0.717, 1.165) is 0 Å². The number of ether oxygens (including phenoxy) is 2. The Morgan fingerprint density at radius 1 is 1.50 bits per heavy atom. The number of carbonyl (C=O) groups is 1. The fourth-order valence-electron chi connectivity index (χ4n) is 2.11. The Balaban J connectivity index is 2.08. The van der Waals surface area contributed by atoms with Crippen LogP contribution in [0.3, 0.4) is 0 Å². The van der Waals surface area contributed by atoms with Crippen LogP contribution in [0.2, 0.25) is 0 Å². The lowest BCUT2D eigenvalue weighted by Crippen LogP contribution is -2.56. The molecule has 1 saturated heterocycles. The number of carboxylic acid groups (broad SMARTS) is 1. The maximum atomic E-state index is 10.6. The maximum absolute atomic E-state index is 10.6. The van der Waals surface area contributed by atoms with Crippen molar-refractivity contribution in [3.8, 4) is 0 Å². The second-order valence-corrected chi connectivity index (χ2v) is 4.80. The van der Waals surface area contributed by atoms with Crippen LogP contribution in [0.1, 0.15) is 0 Å². The van der Waals surface area contributed by atoms with Crippen molar-refractivity contribution in [2.24, 2.45) is 0 Å². The molecule has 2 rings (SSSR count). The zero-order valence-electron chi connectivity index (χ0n) is 9.92. The van der Waals surface area contributed by atoms with Crippen molar-refractivity contribution in [2.75, 3.05) is 32.9 Å². The molecule has 1 heterocycles. The average molecular weight is 274 g/mol. The van der Waals surface area contributed by atoms with Crippen LogP contribution in [0.15, 0.2) is 24.3 Å². The van der Waals surface area contributed by atoms with Gasteiger partial charge in [-0.25, -0.2) is 4.79 Å². The van der Waals surface area contributed by atoms with Gasteiger partial charge in [-0.05, 0) is 6.08 Å². The monoisotopic (exact) mass is 273 g/mol. The van der Waals surface area contributed by atoms with E-state index >= 15 is 0 Å². The first-order valence-electron chi connectivity index (χ1n) is 5.84. The van der Waals surface area contributed by atoms with Crippen LogP contribution in [0.25, 0.3) is 0 Å². The summed E-state index contributed by atoms with van der Waals surface area (Å²) in [6.45, 7) is 2.29. The van der Waals surface area contributed by atoms with Gasteiger partial charge in [0.15, 0.2) is 0 Å². The summed E-state index contributed by atoms with van der Waals surface area (Å²) in [5.74, 6) is -1.00. The van der Waals surface area contributed by atoms with Gasteiger partial charge in [0, 0.05) is 13.1 Å². The van der Waals surface area contributed by atoms with Gasteiger partial charge < -0.3 is 14.6 Å². The van der Waals surface area contributed by atoms with Gasteiger partial charge in [0.05, 0.1) is 13.2 Å². The number of aliphatic carboxylic acids is 1. The molecule has 18 heavy (non-hydrogen) atoms. The predicted octanol–water partition coefficient (Wildman–Crippen LogP) is 0.849. The molecule has 1 aliphatic carbocycles. The Morgan fingerprint density at radius 2 is 2.22 bits per heavy atom. The van der Waals surface area contributed by atoms with Gasteiger partial charge >= 0.3 is 5.97 Å². The molecule has 0 amide bonds. The first-order valence-corrected chi connectivity index (χ1v) is 6.22. The van der Waals surface area contributed by atoms with Gasteiger partial charge in [-0.1, -0.05) is 29.8 Å². The fourth-order valence-corrected chi connectivity index (χ4v) is 2.49. The quantitative estimate of drug-likeness (QED) is 0.608. The molecule has 5 nitrogen and oxygen atoms in total. The lowest BCUT2D eigenvalue weighted by molar-refractivity contribution is -0.145. The zero-order chi connectivity index (χ0) is 13.0. The SMILES string of the molecule is O=C(O)COC1C=CC=CC1(Cl)N1CCOCC1. The van der Waals surface area contributed by atoms with Crippen LogP contribution in [-0.4, -0.2) is 60.0 Å². The Kier molecular flexibility index (Phi) is 4.40. The van der Waals surface area contributed by atoms with Gasteiger partial charge in [0.1, 0.15) is 17.7 Å². The van der Waals surface area contributed by atoms with E-state index in [1.165, 1.54) is 0 Å². The Bertz CT molecular complexity index is 365. The maximum Gasteiger partial charge on any atom is 0.329 e. The van der Waals surface area contributed by atoms with E-state index in [9.17, 15) is 4.79 Å². The number of hydrogen-bond acceptors (Lipinski definition) is 4. The Morgan fingerprint density at radius 3 is 2.89 bits per heavy atom. The summed E-state index contributed by atoms with van der Waals surface area (Å²) in [7, 11) is 0. The third kappa shape index (κ3) is 2.92. The van der Waals surface area contributed by atoms with E-state index in [0.29, 0.717) is 26.3 Å². The lowest BCUT2D eigenvalue weighted by atomic mass is 10.0. The molecule has 2 atom stereocenters. The van der Waals surface area contributed by atoms with E-state index < -0.39 is 17.1 Å². The van der Waals surface area contributed by atoms with Crippen molar-refractivity contribution in [1.82, 2.24) is 4.90 Å². The van der Waals surface area contributed by atoms with Crippen molar-refractivity contribution >= 4 is 17.6 Å². The first-order chi connectivity index (χ1) is 8.63. The second-order valence-electron chi connectivity index (χ2n) is 4.20. The molecule has 0 bridgehead atoms. The van der Waals surface area contributed by atoms with Gasteiger partial charge in [-0.2, -0.15) is 0 Å². The van der Waals surface area contributed by atoms with Gasteiger partial charge in [-0.15, -0.1) is 0 Å². The summed E-state index contributed by atoms with van der Waals surface area (Å²) in [4.78, 5) is 11.8. The minimum absolute atomic E-state index is 0.359. The standard InChI is InChI=1S/C12H16ClNO4/c13-12(14-5-7-17-8-6-14)4-2-1-3-10(12)18-9-11(15)16/h1-4,10H,5-9H2,(H,15,16). The number of hydrogen-bond donors (Lipinski definition) is 1. The molecule has 1 aliphatic heterocycles. The zero-order valence-corrected chi connectivity index (χ0v) is 10.7. The van der Waals surface area contributed by atoms with E-state index in [-0.39, 0.29) is 6.61 Å². The molecular formula is C12H16ClNO4. The smallest absolute Gasteiger partial charge is 0.329 e. The molecular weight excluding hydrogens is 258 g/mol. The van der Waals surface area contributed by atoms with Gasteiger partial charge in [0.25, 0.3) is 0 Å². The van der Waals surface area contributed by atoms with Crippen molar-refractivity contribution < 1.29 is 19.4 Å². The highest BCUT2D eigenvalue weighted by atomic mass is 35.5. The first kappa shape index (κ1) is 13.5. The van der Waals surface area contributed by atoms with E-state index in [1.54, 1.807) is 6.08 Å². The lowest BCUT2D eigenvalue weighted by Gasteiger charge is -2.43. The molecule has 100 valence electrons. The topological polar surface area (TPSA) is 59.0 Å². The Hall–Kier alpha value is -0.880. The van der Waals surface area contributed by atoms with Crippen molar-refractivity contribution in [2.45, 2.75) is 11.1 Å². The van der Waals surface area contributed by atoms with Crippen LogP contribution in [0.4, 0.5) is 0 Å². The number of morpholine rings is 1. The van der Waals surface area contributed by atoms with Gasteiger partial charge in [0.2, 0.25) is 0 Å². The molecule has 0 aromatic rings. The molecule has 2 aliphatic rings. The van der Waals surface area contributed by atoms with E-state index in [2.05, 4.69) is 0 Å². The van der Waals surface area contributed by atoms with E-state index in [1.807, 2.05) is 23.1 Å². The molecule has 2 unspecified atom stereocenters. The fraction of sp³-hybridized carbons (Fsp3) is 0.583. The highest BCUT2D eigenvalue weighted by Crippen LogP contribution is 2.33. The predicted molar refractivity (Wildman–Crippen MR) is 66.6 cm³/mol. The van der Waals surface area contributed by atoms with Crippen LogP contribution in [0.5, 0.6) is 0 Å². The molecule has 0 spiro atoms. The average Bonchev–Trinajstić information content (AvgIpc) is 2.39. The Labute approximate surface area is 111 Å². The largest absolute Gasteiger partial charge is 0.480 e. The summed E-state index contributed by atoms with van der Waals surface area (Å²) < 4.78 is 10.7. The van der Waals surface area contributed by atoms with Crippen molar-refractivity contribution in [3.05, 3.63) is 24.3 Å². The number of nitrogens with zero attached hydrogens (tertiary/aromatic N) is 1. The summed E-state index contributed by atoms with van der Waals surface area (Å²) in [6.07, 6.45) is 6.81. The number of allylic oxidation sites excluding steroid dienone is 2. The molecule has 1 N–H and O–H groups in total. The molecule has 6 heteroatoms. The normalized spacial score (nSPS) is 32.6. The van der Waals surface area contributed by atoms with Crippen LogP contribution >= 0.6 is 11.6 Å². The third-order valence-electron chi connectivity index (χ3n) is 3.01. The summed E-state index contributed by atoms with van der Waals surface area (Å²) >= 11 is 6.62. The van der Waals surface area contributed by atoms with Crippen molar-refractivity contribution in [3.63, 3.8) is 0 Å². The summed E-state index contributed by atoms with van der Waals surface area (Å²) in [5, 5.41) is 8.68. The number of alkyl halides is 1. The molecule has 1 fully saturated rings. The molecule has 0 saturated carbocycles. The highest BCUT2D eigenvalue weighted by molar-refractivity contribution is 6.25. The van der Waals surface area contributed by atoms with Gasteiger partial charge in [-0.3, -0.25) is 4.90 Å². The summed E-state index contributed by atoms with van der Waals surface area (Å²) in [6, 6.07) is 0. The molecule has 0 aromatic carbocycles. The summed E-state index contributed by atoms with van der Waals surface area (Å²) in [5.41, 5.74) is 0. The third-order valence-corrected chi connectivity index (χ3v) is 3.59. The minimum atomic E-state index is -1.00. The minimum Gasteiger partial charge on any atom is -0.480 e. The van der Waals surface area contributed by atoms with Crippen LogP contribution in [-0.2, 0) is 14.3 Å². The van der Waals surface area contributed by atoms with Crippen molar-refractivity contribution in [1.29, 1.82) is 0 Å². The molecule has 0 aromatic heterocycles. The number of halogens is 1. The number of carboxylic acids is 1. The van der Waals surface area contributed by atoms with Crippen LogP contribution < -0.4 is 0 Å². The highest BCUT2D eigenvalue weighted by Gasteiger charge is 2.41. The van der Waals surface area contributed by atoms with E-state index in [4.69, 9.17) is 26.2 Å². The number of rotatable bonds is 4. The van der Waals surface area contributed by atoms with Crippen LogP contribution in [0, 0.1) is 0 Å². The second kappa shape index (κ2) is 5.84.